The lowest BCUT2D eigenvalue weighted by Crippen LogP contribution is -2.18. The van der Waals surface area contributed by atoms with Gasteiger partial charge in [-0.25, -0.2) is 0 Å². The Labute approximate surface area is 133 Å². The minimum atomic E-state index is 0.0960. The maximum atomic E-state index is 6.09. The second kappa shape index (κ2) is 6.61. The summed E-state index contributed by atoms with van der Waals surface area (Å²) in [4.78, 5) is 0. The van der Waals surface area contributed by atoms with Crippen LogP contribution in [-0.4, -0.2) is 14.2 Å². The highest BCUT2D eigenvalue weighted by molar-refractivity contribution is 9.10. The van der Waals surface area contributed by atoms with Gasteiger partial charge in [-0.1, -0.05) is 45.7 Å². The number of ether oxygens (including phenoxy) is 1. The SMILES string of the molecule is CNC(c1ccc(Cl)c(OC)c1)c1cccc(Br)c1C. The average molecular weight is 355 g/mol. The van der Waals surface area contributed by atoms with E-state index in [1.807, 2.05) is 37.4 Å². The zero-order valence-electron chi connectivity index (χ0n) is 11.7. The molecule has 0 aromatic heterocycles. The van der Waals surface area contributed by atoms with Crippen molar-refractivity contribution in [3.63, 3.8) is 0 Å². The number of hydrogen-bond donors (Lipinski definition) is 1. The lowest BCUT2D eigenvalue weighted by Gasteiger charge is -2.21. The largest absolute Gasteiger partial charge is 0.495 e. The molecule has 1 N–H and O–H groups in total. The Morgan fingerprint density at radius 3 is 2.65 bits per heavy atom. The molecule has 0 saturated carbocycles. The van der Waals surface area contributed by atoms with Gasteiger partial charge < -0.3 is 10.1 Å². The maximum Gasteiger partial charge on any atom is 0.137 e. The van der Waals surface area contributed by atoms with Crippen molar-refractivity contribution in [1.82, 2.24) is 5.32 Å². The molecule has 0 aliphatic heterocycles. The van der Waals surface area contributed by atoms with Crippen LogP contribution < -0.4 is 10.1 Å². The number of halogens is 2. The molecule has 2 aromatic carbocycles. The molecule has 0 saturated heterocycles. The summed E-state index contributed by atoms with van der Waals surface area (Å²) in [6.07, 6.45) is 0. The van der Waals surface area contributed by atoms with Gasteiger partial charge in [-0.15, -0.1) is 0 Å². The molecular weight excluding hydrogens is 338 g/mol. The normalized spacial score (nSPS) is 12.2. The van der Waals surface area contributed by atoms with Crippen molar-refractivity contribution in [3.05, 3.63) is 62.6 Å². The van der Waals surface area contributed by atoms with Gasteiger partial charge in [0.25, 0.3) is 0 Å². The fraction of sp³-hybridized carbons (Fsp3) is 0.250. The zero-order chi connectivity index (χ0) is 14.7. The molecule has 2 aromatic rings. The van der Waals surface area contributed by atoms with Crippen molar-refractivity contribution in [2.45, 2.75) is 13.0 Å². The lowest BCUT2D eigenvalue weighted by atomic mass is 9.95. The second-order valence-corrected chi connectivity index (χ2v) is 5.83. The molecule has 0 fully saturated rings. The van der Waals surface area contributed by atoms with Crippen molar-refractivity contribution in [2.24, 2.45) is 0 Å². The van der Waals surface area contributed by atoms with Crippen LogP contribution in [0.2, 0.25) is 5.02 Å². The first-order valence-electron chi connectivity index (χ1n) is 6.34. The Morgan fingerprint density at radius 2 is 2.00 bits per heavy atom. The molecule has 2 rings (SSSR count). The monoisotopic (exact) mass is 353 g/mol. The van der Waals surface area contributed by atoms with E-state index in [0.717, 1.165) is 10.0 Å². The smallest absolute Gasteiger partial charge is 0.137 e. The van der Waals surface area contributed by atoms with Gasteiger partial charge in [-0.2, -0.15) is 0 Å². The minimum Gasteiger partial charge on any atom is -0.495 e. The highest BCUT2D eigenvalue weighted by atomic mass is 79.9. The van der Waals surface area contributed by atoms with E-state index in [-0.39, 0.29) is 6.04 Å². The number of rotatable bonds is 4. The number of benzene rings is 2. The van der Waals surface area contributed by atoms with Gasteiger partial charge in [0.15, 0.2) is 0 Å². The molecule has 106 valence electrons. The van der Waals surface area contributed by atoms with Gasteiger partial charge in [-0.05, 0) is 48.9 Å². The summed E-state index contributed by atoms with van der Waals surface area (Å²) >= 11 is 9.68. The van der Waals surface area contributed by atoms with Crippen LogP contribution in [-0.2, 0) is 0 Å². The maximum absolute atomic E-state index is 6.09. The second-order valence-electron chi connectivity index (χ2n) is 4.57. The molecule has 0 bridgehead atoms. The topological polar surface area (TPSA) is 21.3 Å². The van der Waals surface area contributed by atoms with Crippen molar-refractivity contribution >= 4 is 27.5 Å². The van der Waals surface area contributed by atoms with E-state index in [4.69, 9.17) is 16.3 Å². The highest BCUT2D eigenvalue weighted by Gasteiger charge is 2.16. The van der Waals surface area contributed by atoms with Crippen LogP contribution in [0, 0.1) is 6.92 Å². The van der Waals surface area contributed by atoms with Crippen molar-refractivity contribution in [2.75, 3.05) is 14.2 Å². The quantitative estimate of drug-likeness (QED) is 0.857. The Morgan fingerprint density at radius 1 is 1.25 bits per heavy atom. The van der Waals surface area contributed by atoms with Crippen molar-refractivity contribution < 1.29 is 4.74 Å². The van der Waals surface area contributed by atoms with Crippen LogP contribution in [0.4, 0.5) is 0 Å². The number of nitrogens with one attached hydrogen (secondary N) is 1. The van der Waals surface area contributed by atoms with Crippen molar-refractivity contribution in [1.29, 1.82) is 0 Å². The average Bonchev–Trinajstić information content (AvgIpc) is 2.45. The van der Waals surface area contributed by atoms with E-state index in [9.17, 15) is 0 Å². The lowest BCUT2D eigenvalue weighted by molar-refractivity contribution is 0.414. The molecule has 0 amide bonds. The Hall–Kier alpha value is -1.03. The molecule has 2 nitrogen and oxygen atoms in total. The van der Waals surface area contributed by atoms with Crippen LogP contribution in [0.1, 0.15) is 22.7 Å². The van der Waals surface area contributed by atoms with E-state index in [1.54, 1.807) is 7.11 Å². The van der Waals surface area contributed by atoms with Gasteiger partial charge >= 0.3 is 0 Å². The molecule has 0 aliphatic rings. The summed E-state index contributed by atoms with van der Waals surface area (Å²) < 4.78 is 6.41. The van der Waals surface area contributed by atoms with Crippen LogP contribution >= 0.6 is 27.5 Å². The minimum absolute atomic E-state index is 0.0960. The van der Waals surface area contributed by atoms with Crippen LogP contribution in [0.25, 0.3) is 0 Å². The first-order chi connectivity index (χ1) is 9.58. The molecule has 4 heteroatoms. The highest BCUT2D eigenvalue weighted by Crippen LogP contribution is 2.33. The molecule has 0 heterocycles. The van der Waals surface area contributed by atoms with E-state index in [1.165, 1.54) is 11.1 Å². The predicted molar refractivity (Wildman–Crippen MR) is 87.8 cm³/mol. The van der Waals surface area contributed by atoms with Crippen LogP contribution in [0.15, 0.2) is 40.9 Å². The number of hydrogen-bond acceptors (Lipinski definition) is 2. The summed E-state index contributed by atoms with van der Waals surface area (Å²) in [5, 5.41) is 3.98. The fourth-order valence-corrected chi connectivity index (χ4v) is 2.87. The van der Waals surface area contributed by atoms with Crippen LogP contribution in [0.5, 0.6) is 5.75 Å². The van der Waals surface area contributed by atoms with Gasteiger partial charge in [0.1, 0.15) is 5.75 Å². The summed E-state index contributed by atoms with van der Waals surface area (Å²) in [6.45, 7) is 2.11. The third kappa shape index (κ3) is 3.00. The first kappa shape index (κ1) is 15.4. The van der Waals surface area contributed by atoms with Crippen molar-refractivity contribution in [3.8, 4) is 5.75 Å². The molecule has 0 radical (unpaired) electrons. The van der Waals surface area contributed by atoms with E-state index in [0.29, 0.717) is 10.8 Å². The summed E-state index contributed by atoms with van der Waals surface area (Å²) in [6, 6.07) is 12.2. The molecule has 1 atom stereocenters. The van der Waals surface area contributed by atoms with Gasteiger partial charge in [-0.3, -0.25) is 0 Å². The van der Waals surface area contributed by atoms with E-state index in [2.05, 4.69) is 34.2 Å². The third-order valence-corrected chi connectivity index (χ3v) is 4.59. The fourth-order valence-electron chi connectivity index (χ4n) is 2.29. The molecule has 0 aliphatic carbocycles. The first-order valence-corrected chi connectivity index (χ1v) is 7.51. The zero-order valence-corrected chi connectivity index (χ0v) is 14.0. The summed E-state index contributed by atoms with van der Waals surface area (Å²) in [7, 11) is 3.58. The van der Waals surface area contributed by atoms with Gasteiger partial charge in [0, 0.05) is 4.47 Å². The molecule has 0 spiro atoms. The molecule has 1 unspecified atom stereocenters. The standard InChI is InChI=1S/C16H17BrClNO/c1-10-12(5-4-6-13(10)17)16(19-2)11-7-8-14(18)15(9-11)20-3/h4-9,16,19H,1-3H3. The molecular formula is C16H17BrClNO. The summed E-state index contributed by atoms with van der Waals surface area (Å²) in [5.74, 6) is 0.692. The van der Waals surface area contributed by atoms with Crippen LogP contribution in [0.3, 0.4) is 0 Å². The van der Waals surface area contributed by atoms with Gasteiger partial charge in [0.2, 0.25) is 0 Å². The Bertz CT molecular complexity index is 615. The Kier molecular flexibility index (Phi) is 5.08. The van der Waals surface area contributed by atoms with Gasteiger partial charge in [0.05, 0.1) is 18.2 Å². The van der Waals surface area contributed by atoms with E-state index < -0.39 is 0 Å². The molecule has 20 heavy (non-hydrogen) atoms. The number of methoxy groups -OCH3 is 1. The Balaban J connectivity index is 2.49. The summed E-state index contributed by atoms with van der Waals surface area (Å²) in [5.41, 5.74) is 3.57. The van der Waals surface area contributed by atoms with E-state index >= 15 is 0 Å². The third-order valence-electron chi connectivity index (χ3n) is 3.42. The predicted octanol–water partition coefficient (Wildman–Crippen LogP) is 4.73.